The molecule has 0 spiro atoms. The number of hydrogen-bond acceptors (Lipinski definition) is 4. The quantitative estimate of drug-likeness (QED) is 0.849. The van der Waals surface area contributed by atoms with Gasteiger partial charge in [-0.15, -0.1) is 0 Å². The van der Waals surface area contributed by atoms with Crippen molar-refractivity contribution in [2.24, 2.45) is 0 Å². The lowest BCUT2D eigenvalue weighted by atomic mass is 9.79. The molecule has 0 saturated carbocycles. The van der Waals surface area contributed by atoms with Crippen LogP contribution >= 0.6 is 0 Å². The Labute approximate surface area is 141 Å². The standard InChI is InChI=1S/C19H21NO4/c1-24-15-7-8-17-16(11-15)19(13-22,9-10-21)18(23)20(17)12-14-5-3-2-4-6-14/h2-8,11,21-22H,9-10,12-13H2,1H3. The van der Waals surface area contributed by atoms with E-state index in [1.807, 2.05) is 36.4 Å². The van der Waals surface area contributed by atoms with Crippen LogP contribution in [0.1, 0.15) is 17.5 Å². The predicted molar refractivity (Wildman–Crippen MR) is 91.1 cm³/mol. The fraction of sp³-hybridized carbons (Fsp3) is 0.316. The normalized spacial score (nSPS) is 19.5. The number of carbonyl (C=O) groups is 1. The van der Waals surface area contributed by atoms with Gasteiger partial charge in [-0.1, -0.05) is 30.3 Å². The number of aliphatic hydroxyl groups is 2. The minimum absolute atomic E-state index is 0.174. The van der Waals surface area contributed by atoms with Crippen LogP contribution in [0, 0.1) is 0 Å². The molecule has 0 fully saturated rings. The Morgan fingerprint density at radius 3 is 2.50 bits per heavy atom. The van der Waals surface area contributed by atoms with Gasteiger partial charge < -0.3 is 19.8 Å². The molecular formula is C19H21NO4. The second-order valence-corrected chi connectivity index (χ2v) is 5.97. The van der Waals surface area contributed by atoms with Gasteiger partial charge in [0, 0.05) is 12.3 Å². The van der Waals surface area contributed by atoms with Crippen molar-refractivity contribution in [1.29, 1.82) is 0 Å². The van der Waals surface area contributed by atoms with Gasteiger partial charge in [0.15, 0.2) is 0 Å². The first kappa shape index (κ1) is 16.5. The predicted octanol–water partition coefficient (Wildman–Crippen LogP) is 1.85. The SMILES string of the molecule is COc1ccc2c(c1)C(CO)(CCO)C(=O)N2Cc1ccccc1. The van der Waals surface area contributed by atoms with Crippen molar-refractivity contribution in [3.8, 4) is 5.75 Å². The highest BCUT2D eigenvalue weighted by Gasteiger charge is 2.50. The summed E-state index contributed by atoms with van der Waals surface area (Å²) in [4.78, 5) is 14.8. The number of amides is 1. The topological polar surface area (TPSA) is 70.0 Å². The maximum atomic E-state index is 13.1. The molecule has 1 aliphatic rings. The molecule has 1 aliphatic heterocycles. The minimum Gasteiger partial charge on any atom is -0.497 e. The molecule has 0 bridgehead atoms. The molecule has 126 valence electrons. The third-order valence-corrected chi connectivity index (χ3v) is 4.66. The third kappa shape index (κ3) is 2.56. The van der Waals surface area contributed by atoms with Gasteiger partial charge in [0.05, 0.1) is 20.3 Å². The maximum absolute atomic E-state index is 13.1. The van der Waals surface area contributed by atoms with Crippen LogP contribution in [0.3, 0.4) is 0 Å². The van der Waals surface area contributed by atoms with Gasteiger partial charge in [0.2, 0.25) is 5.91 Å². The monoisotopic (exact) mass is 327 g/mol. The van der Waals surface area contributed by atoms with E-state index in [4.69, 9.17) is 4.74 Å². The summed E-state index contributed by atoms with van der Waals surface area (Å²) in [6, 6.07) is 15.1. The fourth-order valence-electron chi connectivity index (χ4n) is 3.33. The molecule has 1 heterocycles. The number of nitrogens with zero attached hydrogens (tertiary/aromatic N) is 1. The van der Waals surface area contributed by atoms with Crippen LogP contribution in [0.4, 0.5) is 5.69 Å². The van der Waals surface area contributed by atoms with Crippen molar-refractivity contribution in [1.82, 2.24) is 0 Å². The average molecular weight is 327 g/mol. The first-order valence-electron chi connectivity index (χ1n) is 7.92. The molecule has 0 radical (unpaired) electrons. The smallest absolute Gasteiger partial charge is 0.240 e. The van der Waals surface area contributed by atoms with Gasteiger partial charge in [0.25, 0.3) is 0 Å². The number of methoxy groups -OCH3 is 1. The fourth-order valence-corrected chi connectivity index (χ4v) is 3.33. The van der Waals surface area contributed by atoms with Crippen LogP contribution in [-0.2, 0) is 16.8 Å². The van der Waals surface area contributed by atoms with E-state index in [2.05, 4.69) is 0 Å². The van der Waals surface area contributed by atoms with Gasteiger partial charge in [-0.3, -0.25) is 4.79 Å². The Kier molecular flexibility index (Phi) is 4.55. The van der Waals surface area contributed by atoms with Gasteiger partial charge >= 0.3 is 0 Å². The molecule has 2 N–H and O–H groups in total. The number of carbonyl (C=O) groups excluding carboxylic acids is 1. The summed E-state index contributed by atoms with van der Waals surface area (Å²) in [6.07, 6.45) is 0.174. The summed E-state index contributed by atoms with van der Waals surface area (Å²) in [5, 5.41) is 19.5. The van der Waals surface area contributed by atoms with Crippen molar-refractivity contribution in [3.05, 3.63) is 59.7 Å². The van der Waals surface area contributed by atoms with E-state index in [0.717, 1.165) is 11.3 Å². The van der Waals surface area contributed by atoms with Crippen LogP contribution in [0.5, 0.6) is 5.75 Å². The molecule has 24 heavy (non-hydrogen) atoms. The van der Waals surface area contributed by atoms with Crippen molar-refractivity contribution >= 4 is 11.6 Å². The molecule has 0 saturated heterocycles. The lowest BCUT2D eigenvalue weighted by Gasteiger charge is -2.26. The summed E-state index contributed by atoms with van der Waals surface area (Å²) in [5.41, 5.74) is 1.35. The van der Waals surface area contributed by atoms with Crippen molar-refractivity contribution < 1.29 is 19.7 Å². The van der Waals surface area contributed by atoms with Crippen molar-refractivity contribution in [3.63, 3.8) is 0 Å². The zero-order valence-corrected chi connectivity index (χ0v) is 13.6. The van der Waals surface area contributed by atoms with Crippen LogP contribution in [0.2, 0.25) is 0 Å². The summed E-state index contributed by atoms with van der Waals surface area (Å²) in [6.45, 7) is -0.105. The zero-order chi connectivity index (χ0) is 17.2. The van der Waals surface area contributed by atoms with E-state index in [0.29, 0.717) is 17.9 Å². The Morgan fingerprint density at radius 2 is 1.88 bits per heavy atom. The van der Waals surface area contributed by atoms with Crippen LogP contribution in [-0.4, -0.2) is 36.4 Å². The van der Waals surface area contributed by atoms with Crippen LogP contribution in [0.25, 0.3) is 0 Å². The minimum atomic E-state index is -1.12. The van der Waals surface area contributed by atoms with Crippen LogP contribution in [0.15, 0.2) is 48.5 Å². The Morgan fingerprint density at radius 1 is 1.12 bits per heavy atom. The number of benzene rings is 2. The molecule has 0 aromatic heterocycles. The van der Waals surface area contributed by atoms with Gasteiger partial charge in [-0.05, 0) is 35.7 Å². The Balaban J connectivity index is 2.08. The Hall–Kier alpha value is -2.37. The zero-order valence-electron chi connectivity index (χ0n) is 13.6. The van der Waals surface area contributed by atoms with E-state index in [-0.39, 0.29) is 25.5 Å². The van der Waals surface area contributed by atoms with E-state index in [1.54, 1.807) is 24.1 Å². The van der Waals surface area contributed by atoms with E-state index >= 15 is 0 Å². The molecule has 3 rings (SSSR count). The maximum Gasteiger partial charge on any atom is 0.240 e. The molecule has 1 atom stereocenters. The number of rotatable bonds is 6. The summed E-state index contributed by atoms with van der Waals surface area (Å²) >= 11 is 0. The van der Waals surface area contributed by atoms with E-state index in [9.17, 15) is 15.0 Å². The average Bonchev–Trinajstić information content (AvgIpc) is 2.85. The molecule has 5 nitrogen and oxygen atoms in total. The number of anilines is 1. The highest BCUT2D eigenvalue weighted by Crippen LogP contribution is 2.45. The molecular weight excluding hydrogens is 306 g/mol. The lowest BCUT2D eigenvalue weighted by molar-refractivity contribution is -0.125. The second-order valence-electron chi connectivity index (χ2n) is 5.97. The van der Waals surface area contributed by atoms with Crippen molar-refractivity contribution in [2.45, 2.75) is 18.4 Å². The number of ether oxygens (including phenoxy) is 1. The first-order valence-corrected chi connectivity index (χ1v) is 7.92. The van der Waals surface area contributed by atoms with E-state index < -0.39 is 5.41 Å². The highest BCUT2D eigenvalue weighted by molar-refractivity contribution is 6.08. The van der Waals surface area contributed by atoms with Gasteiger partial charge in [0.1, 0.15) is 11.2 Å². The molecule has 5 heteroatoms. The summed E-state index contributed by atoms with van der Waals surface area (Å²) < 4.78 is 5.27. The number of fused-ring (bicyclic) bond motifs is 1. The van der Waals surface area contributed by atoms with Crippen LogP contribution < -0.4 is 9.64 Å². The van der Waals surface area contributed by atoms with Gasteiger partial charge in [-0.2, -0.15) is 0 Å². The molecule has 0 aliphatic carbocycles. The van der Waals surface area contributed by atoms with E-state index in [1.165, 1.54) is 0 Å². The van der Waals surface area contributed by atoms with Gasteiger partial charge in [-0.25, -0.2) is 0 Å². The second kappa shape index (κ2) is 6.63. The summed E-state index contributed by atoms with van der Waals surface area (Å²) in [7, 11) is 1.56. The lowest BCUT2D eigenvalue weighted by Crippen LogP contribution is -2.43. The number of hydrogen-bond donors (Lipinski definition) is 2. The molecule has 1 unspecified atom stereocenters. The molecule has 1 amide bonds. The number of aliphatic hydroxyl groups excluding tert-OH is 2. The largest absolute Gasteiger partial charge is 0.497 e. The van der Waals surface area contributed by atoms with Crippen molar-refractivity contribution in [2.75, 3.05) is 25.2 Å². The Bertz CT molecular complexity index is 731. The highest BCUT2D eigenvalue weighted by atomic mass is 16.5. The summed E-state index contributed by atoms with van der Waals surface area (Å²) in [5.74, 6) is 0.435. The molecule has 2 aromatic rings. The molecule has 2 aromatic carbocycles. The third-order valence-electron chi connectivity index (χ3n) is 4.66. The first-order chi connectivity index (χ1) is 11.7.